The van der Waals surface area contributed by atoms with Gasteiger partial charge in [-0.25, -0.2) is 0 Å². The fourth-order valence-corrected chi connectivity index (χ4v) is 2.93. The maximum Gasteiger partial charge on any atom is 0.167 e. The molecule has 0 bridgehead atoms. The second-order valence-corrected chi connectivity index (χ2v) is 7.23. The van der Waals surface area contributed by atoms with Gasteiger partial charge in [-0.2, -0.15) is 0 Å². The smallest absolute Gasteiger partial charge is 0.167 e. The minimum atomic E-state index is 0.143. The molecule has 4 heteroatoms. The predicted molar refractivity (Wildman–Crippen MR) is 85.1 cm³/mol. The molecule has 108 valence electrons. The predicted octanol–water partition coefficient (Wildman–Crippen LogP) is 4.06. The highest BCUT2D eigenvalue weighted by Gasteiger charge is 2.33. The first-order valence-corrected chi connectivity index (χ1v) is 7.52. The van der Waals surface area contributed by atoms with Crippen LogP contribution in [0, 0.1) is 5.92 Å². The summed E-state index contributed by atoms with van der Waals surface area (Å²) >= 11 is 11.9. The van der Waals surface area contributed by atoms with E-state index in [1.807, 2.05) is 12.1 Å². The van der Waals surface area contributed by atoms with Crippen LogP contribution in [0.3, 0.4) is 0 Å². The van der Waals surface area contributed by atoms with Crippen LogP contribution in [0.2, 0.25) is 10.0 Å². The Bertz CT molecular complexity index is 558. The first kappa shape index (κ1) is 15.6. The molecule has 1 aromatic carbocycles. The molecule has 0 heterocycles. The number of hydrogen-bond acceptors (Lipinski definition) is 1. The van der Waals surface area contributed by atoms with Crippen LogP contribution in [0.15, 0.2) is 23.8 Å². The van der Waals surface area contributed by atoms with Crippen LogP contribution in [-0.4, -0.2) is 38.0 Å². The number of ketones is 1. The summed E-state index contributed by atoms with van der Waals surface area (Å²) in [5.74, 6) is 0.424. The second-order valence-electron chi connectivity index (χ2n) is 6.42. The van der Waals surface area contributed by atoms with E-state index >= 15 is 0 Å². The van der Waals surface area contributed by atoms with Crippen LogP contribution in [0.1, 0.15) is 18.4 Å². The molecule has 2 nitrogen and oxygen atoms in total. The number of benzene rings is 1. The number of quaternary nitrogens is 1. The number of rotatable bonds is 3. The highest BCUT2D eigenvalue weighted by molar-refractivity contribution is 6.42. The van der Waals surface area contributed by atoms with Crippen LogP contribution in [0.4, 0.5) is 0 Å². The molecule has 0 aromatic heterocycles. The van der Waals surface area contributed by atoms with E-state index in [9.17, 15) is 4.79 Å². The van der Waals surface area contributed by atoms with Gasteiger partial charge in [0.2, 0.25) is 0 Å². The van der Waals surface area contributed by atoms with Crippen molar-refractivity contribution in [3.8, 4) is 0 Å². The Hall–Kier alpha value is -0.830. The summed E-state index contributed by atoms with van der Waals surface area (Å²) in [6.45, 7) is 0.886. The third kappa shape index (κ3) is 3.85. The average Bonchev–Trinajstić information content (AvgIpc) is 2.65. The minimum Gasteiger partial charge on any atom is -0.330 e. The highest BCUT2D eigenvalue weighted by atomic mass is 35.5. The monoisotopic (exact) mass is 312 g/mol. The van der Waals surface area contributed by atoms with Crippen molar-refractivity contribution in [2.24, 2.45) is 5.92 Å². The Morgan fingerprint density at radius 1 is 1.25 bits per heavy atom. The highest BCUT2D eigenvalue weighted by Crippen LogP contribution is 2.31. The van der Waals surface area contributed by atoms with E-state index in [0.29, 0.717) is 10.0 Å². The molecule has 1 saturated carbocycles. The van der Waals surface area contributed by atoms with Crippen molar-refractivity contribution < 1.29 is 9.28 Å². The van der Waals surface area contributed by atoms with Gasteiger partial charge in [0.25, 0.3) is 0 Å². The van der Waals surface area contributed by atoms with Crippen molar-refractivity contribution in [1.29, 1.82) is 0 Å². The Morgan fingerprint density at radius 3 is 2.55 bits per heavy atom. The van der Waals surface area contributed by atoms with Gasteiger partial charge in [0.1, 0.15) is 0 Å². The molecule has 1 aliphatic rings. The number of carbonyl (C=O) groups excluding carboxylic acids is 1. The number of hydrogen-bond donors (Lipinski definition) is 0. The number of nitrogens with zero attached hydrogens (tertiary/aromatic N) is 1. The second kappa shape index (κ2) is 5.88. The molecule has 0 N–H and O–H groups in total. The normalized spacial score (nSPS) is 21.8. The molecule has 1 fully saturated rings. The molecule has 0 aliphatic heterocycles. The van der Waals surface area contributed by atoms with Crippen LogP contribution < -0.4 is 0 Å². The van der Waals surface area contributed by atoms with Crippen LogP contribution in [0.25, 0.3) is 6.08 Å². The van der Waals surface area contributed by atoms with Crippen molar-refractivity contribution in [2.75, 3.05) is 27.7 Å². The van der Waals surface area contributed by atoms with Gasteiger partial charge in [-0.15, -0.1) is 0 Å². The molecule has 0 spiro atoms. The van der Waals surface area contributed by atoms with E-state index in [0.717, 1.165) is 35.0 Å². The van der Waals surface area contributed by atoms with E-state index in [-0.39, 0.29) is 11.7 Å². The van der Waals surface area contributed by atoms with Gasteiger partial charge in [-0.05, 0) is 42.2 Å². The first-order chi connectivity index (χ1) is 9.26. The summed E-state index contributed by atoms with van der Waals surface area (Å²) in [7, 11) is 6.36. The van der Waals surface area contributed by atoms with Gasteiger partial charge >= 0.3 is 0 Å². The topological polar surface area (TPSA) is 17.1 Å². The van der Waals surface area contributed by atoms with E-state index < -0.39 is 0 Å². The lowest BCUT2D eigenvalue weighted by molar-refractivity contribution is -0.872. The third-order valence-electron chi connectivity index (χ3n) is 3.50. The Morgan fingerprint density at radius 2 is 1.95 bits per heavy atom. The lowest BCUT2D eigenvalue weighted by Gasteiger charge is -2.26. The van der Waals surface area contributed by atoms with E-state index in [1.54, 1.807) is 12.1 Å². The van der Waals surface area contributed by atoms with Gasteiger partial charge in [-0.3, -0.25) is 4.79 Å². The fourth-order valence-electron chi connectivity index (χ4n) is 2.63. The summed E-state index contributed by atoms with van der Waals surface area (Å²) < 4.78 is 0.816. The summed E-state index contributed by atoms with van der Waals surface area (Å²) in [5, 5.41) is 1.06. The molecule has 2 rings (SSSR count). The standard InChI is InChI=1S/C16H20Cl2NO/c1-19(2,3)10-13-6-5-12(16(13)20)8-11-4-7-14(17)15(18)9-11/h4,7-9,13H,5-6,10H2,1-3H3/q+1/b12-8+. The van der Waals surface area contributed by atoms with Crippen molar-refractivity contribution in [3.05, 3.63) is 39.4 Å². The molecule has 20 heavy (non-hydrogen) atoms. The largest absolute Gasteiger partial charge is 0.330 e. The van der Waals surface area contributed by atoms with Gasteiger partial charge in [0.15, 0.2) is 5.78 Å². The lowest BCUT2D eigenvalue weighted by atomic mass is 10.0. The number of halogens is 2. The van der Waals surface area contributed by atoms with Crippen LogP contribution in [-0.2, 0) is 4.79 Å². The maximum atomic E-state index is 12.4. The molecule has 1 aliphatic carbocycles. The average molecular weight is 313 g/mol. The van der Waals surface area contributed by atoms with Gasteiger partial charge < -0.3 is 4.48 Å². The first-order valence-electron chi connectivity index (χ1n) is 6.76. The summed E-state index contributed by atoms with van der Waals surface area (Å²) in [6, 6.07) is 5.46. The fraction of sp³-hybridized carbons (Fsp3) is 0.438. The lowest BCUT2D eigenvalue weighted by Crippen LogP contribution is -2.40. The number of carbonyl (C=O) groups is 1. The third-order valence-corrected chi connectivity index (χ3v) is 4.24. The Balaban J connectivity index is 2.16. The SMILES string of the molecule is C[N+](C)(C)CC1CC/C(=C\c2ccc(Cl)c(Cl)c2)C1=O. The zero-order chi connectivity index (χ0) is 14.9. The Kier molecular flexibility index (Phi) is 4.58. The molecule has 0 amide bonds. The van der Waals surface area contributed by atoms with E-state index in [1.165, 1.54) is 0 Å². The molecule has 1 unspecified atom stereocenters. The summed E-state index contributed by atoms with van der Waals surface area (Å²) in [4.78, 5) is 12.4. The van der Waals surface area contributed by atoms with Crippen LogP contribution >= 0.6 is 23.2 Å². The molecule has 1 aromatic rings. The van der Waals surface area contributed by atoms with Crippen molar-refractivity contribution in [2.45, 2.75) is 12.8 Å². The van der Waals surface area contributed by atoms with E-state index in [4.69, 9.17) is 23.2 Å². The number of Topliss-reactive ketones (excluding diaryl/α,β-unsaturated/α-hetero) is 1. The molecule has 1 atom stereocenters. The zero-order valence-electron chi connectivity index (χ0n) is 12.1. The van der Waals surface area contributed by atoms with Crippen molar-refractivity contribution >= 4 is 35.1 Å². The molecular formula is C16H20Cl2NO+. The quantitative estimate of drug-likeness (QED) is 0.607. The molecular weight excluding hydrogens is 293 g/mol. The molecule has 0 radical (unpaired) electrons. The Labute approximate surface area is 130 Å². The summed E-state index contributed by atoms with van der Waals surface area (Å²) in [5.41, 5.74) is 1.84. The minimum absolute atomic E-state index is 0.143. The van der Waals surface area contributed by atoms with Crippen molar-refractivity contribution in [1.82, 2.24) is 0 Å². The number of allylic oxidation sites excluding steroid dienone is 1. The van der Waals surface area contributed by atoms with Crippen molar-refractivity contribution in [3.63, 3.8) is 0 Å². The molecule has 0 saturated heterocycles. The summed E-state index contributed by atoms with van der Waals surface area (Å²) in [6.07, 6.45) is 3.74. The zero-order valence-corrected chi connectivity index (χ0v) is 13.6. The van der Waals surface area contributed by atoms with Gasteiger partial charge in [-0.1, -0.05) is 29.3 Å². The van der Waals surface area contributed by atoms with Gasteiger partial charge in [0, 0.05) is 0 Å². The van der Waals surface area contributed by atoms with E-state index in [2.05, 4.69) is 21.1 Å². The van der Waals surface area contributed by atoms with Gasteiger partial charge in [0.05, 0.1) is 43.7 Å². The maximum absolute atomic E-state index is 12.4. The van der Waals surface area contributed by atoms with Crippen LogP contribution in [0.5, 0.6) is 0 Å².